The molecule has 126 valence electrons. The Balaban J connectivity index is 0.00000192. The Morgan fingerprint density at radius 2 is 1.83 bits per heavy atom. The molecule has 0 bridgehead atoms. The van der Waals surface area contributed by atoms with Gasteiger partial charge >= 0.3 is 0 Å². The first kappa shape index (κ1) is 18.4. The van der Waals surface area contributed by atoms with Crippen LogP contribution in [0.5, 0.6) is 0 Å². The molecule has 0 aliphatic carbocycles. The zero-order valence-corrected chi connectivity index (χ0v) is 15.5. The van der Waals surface area contributed by atoms with Gasteiger partial charge in [-0.15, -0.1) is 23.7 Å². The lowest BCUT2D eigenvalue weighted by molar-refractivity contribution is 0.470. The summed E-state index contributed by atoms with van der Waals surface area (Å²) in [5, 5.41) is 0. The molecule has 3 rings (SSSR count). The fraction of sp³-hybridized carbons (Fsp3) is 0.375. The predicted octanol–water partition coefficient (Wildman–Crippen LogP) is 2.90. The second kappa shape index (κ2) is 6.91. The molecule has 1 aromatic heterocycles. The lowest BCUT2D eigenvalue weighted by atomic mass is 9.95. The average molecular weight is 373 g/mol. The predicted molar refractivity (Wildman–Crippen MR) is 97.0 cm³/mol. The van der Waals surface area contributed by atoms with E-state index in [1.807, 2.05) is 44.2 Å². The van der Waals surface area contributed by atoms with Gasteiger partial charge < -0.3 is 5.73 Å². The molecule has 1 saturated heterocycles. The second-order valence-electron chi connectivity index (χ2n) is 5.78. The SMILES string of the molecule is Cc1cc(S(=O)(=O)N2C[C@@H](N)[C@H](c3ccccc3)C2)c(C)s1.Cl. The third-order valence-electron chi connectivity index (χ3n) is 4.17. The van der Waals surface area contributed by atoms with Gasteiger partial charge in [-0.2, -0.15) is 4.31 Å². The molecular formula is C16H21ClN2O2S2. The maximum atomic E-state index is 12.9. The Morgan fingerprint density at radius 1 is 1.17 bits per heavy atom. The minimum atomic E-state index is -3.46. The molecule has 2 heterocycles. The summed E-state index contributed by atoms with van der Waals surface area (Å²) in [6.45, 7) is 4.60. The zero-order valence-electron chi connectivity index (χ0n) is 13.1. The van der Waals surface area contributed by atoms with Gasteiger partial charge in [-0.05, 0) is 25.5 Å². The maximum absolute atomic E-state index is 12.9. The molecule has 2 atom stereocenters. The Kier molecular flexibility index (Phi) is 5.53. The van der Waals surface area contributed by atoms with Crippen LogP contribution in [-0.2, 0) is 10.0 Å². The fourth-order valence-corrected chi connectivity index (χ4v) is 6.07. The van der Waals surface area contributed by atoms with E-state index in [9.17, 15) is 8.42 Å². The van der Waals surface area contributed by atoms with E-state index >= 15 is 0 Å². The van der Waals surface area contributed by atoms with Gasteiger partial charge in [0, 0.05) is 34.8 Å². The Bertz CT molecular complexity index is 775. The first-order valence-electron chi connectivity index (χ1n) is 7.27. The molecule has 0 unspecified atom stereocenters. The van der Waals surface area contributed by atoms with Crippen LogP contribution < -0.4 is 5.73 Å². The van der Waals surface area contributed by atoms with Crippen molar-refractivity contribution >= 4 is 33.8 Å². The monoisotopic (exact) mass is 372 g/mol. The first-order chi connectivity index (χ1) is 10.4. The molecule has 0 spiro atoms. The molecule has 2 N–H and O–H groups in total. The second-order valence-corrected chi connectivity index (χ2v) is 9.15. The summed E-state index contributed by atoms with van der Waals surface area (Å²) in [6.07, 6.45) is 0. The van der Waals surface area contributed by atoms with Gasteiger partial charge in [0.05, 0.1) is 4.90 Å². The summed E-state index contributed by atoms with van der Waals surface area (Å²) in [5.74, 6) is 0.0519. The van der Waals surface area contributed by atoms with Crippen molar-refractivity contribution in [1.82, 2.24) is 4.31 Å². The fourth-order valence-electron chi connectivity index (χ4n) is 3.04. The van der Waals surface area contributed by atoms with Gasteiger partial charge in [-0.3, -0.25) is 0 Å². The molecule has 1 aliphatic rings. The highest BCUT2D eigenvalue weighted by atomic mass is 35.5. The molecule has 1 aliphatic heterocycles. The van der Waals surface area contributed by atoms with Crippen LogP contribution in [0, 0.1) is 13.8 Å². The molecule has 2 aromatic rings. The van der Waals surface area contributed by atoms with E-state index in [2.05, 4.69) is 0 Å². The van der Waals surface area contributed by atoms with Gasteiger partial charge in [0.2, 0.25) is 10.0 Å². The number of thiophene rings is 1. The highest BCUT2D eigenvalue weighted by Gasteiger charge is 2.39. The molecule has 0 saturated carbocycles. The average Bonchev–Trinajstić information content (AvgIpc) is 3.03. The standard InChI is InChI=1S/C16H20N2O2S2.ClH/c1-11-8-16(12(2)21-11)22(19,20)18-9-14(15(17)10-18)13-6-4-3-5-7-13;/h3-8,14-15H,9-10,17H2,1-2H3;1H/t14-,15+;/m0./s1. The van der Waals surface area contributed by atoms with E-state index < -0.39 is 10.0 Å². The molecule has 1 fully saturated rings. The highest BCUT2D eigenvalue weighted by molar-refractivity contribution is 7.89. The topological polar surface area (TPSA) is 63.4 Å². The van der Waals surface area contributed by atoms with E-state index in [1.54, 1.807) is 6.07 Å². The number of nitrogens with two attached hydrogens (primary N) is 1. The zero-order chi connectivity index (χ0) is 15.9. The number of hydrogen-bond donors (Lipinski definition) is 1. The van der Waals surface area contributed by atoms with E-state index in [-0.39, 0.29) is 24.4 Å². The van der Waals surface area contributed by atoms with E-state index in [0.29, 0.717) is 18.0 Å². The van der Waals surface area contributed by atoms with Crippen molar-refractivity contribution < 1.29 is 8.42 Å². The van der Waals surface area contributed by atoms with Crippen LogP contribution in [0.4, 0.5) is 0 Å². The van der Waals surface area contributed by atoms with Gasteiger partial charge in [-0.25, -0.2) is 8.42 Å². The normalized spacial score (nSPS) is 22.0. The van der Waals surface area contributed by atoms with Gasteiger partial charge in [-0.1, -0.05) is 30.3 Å². The maximum Gasteiger partial charge on any atom is 0.244 e. The molecule has 0 amide bonds. The van der Waals surface area contributed by atoms with Crippen molar-refractivity contribution in [3.05, 3.63) is 51.7 Å². The van der Waals surface area contributed by atoms with Crippen LogP contribution in [0.3, 0.4) is 0 Å². The third kappa shape index (κ3) is 3.46. The Morgan fingerprint density at radius 3 is 2.39 bits per heavy atom. The van der Waals surface area contributed by atoms with Gasteiger partial charge in [0.25, 0.3) is 0 Å². The van der Waals surface area contributed by atoms with Crippen molar-refractivity contribution in [3.8, 4) is 0 Å². The van der Waals surface area contributed by atoms with Gasteiger partial charge in [0.1, 0.15) is 0 Å². The van der Waals surface area contributed by atoms with Crippen LogP contribution in [-0.4, -0.2) is 31.9 Å². The lowest BCUT2D eigenvalue weighted by Crippen LogP contribution is -2.32. The van der Waals surface area contributed by atoms with E-state index in [1.165, 1.54) is 15.6 Å². The minimum absolute atomic E-state index is 0. The summed E-state index contributed by atoms with van der Waals surface area (Å²) in [6, 6.07) is 11.5. The number of sulfonamides is 1. The number of rotatable bonds is 3. The molecule has 1 aromatic carbocycles. The van der Waals surface area contributed by atoms with Crippen molar-refractivity contribution in [3.63, 3.8) is 0 Å². The van der Waals surface area contributed by atoms with Crippen molar-refractivity contribution in [2.75, 3.05) is 13.1 Å². The quantitative estimate of drug-likeness (QED) is 0.900. The molecule has 4 nitrogen and oxygen atoms in total. The number of hydrogen-bond acceptors (Lipinski definition) is 4. The van der Waals surface area contributed by atoms with Crippen LogP contribution >= 0.6 is 23.7 Å². The minimum Gasteiger partial charge on any atom is -0.326 e. The van der Waals surface area contributed by atoms with Crippen LogP contribution in [0.25, 0.3) is 0 Å². The van der Waals surface area contributed by atoms with Crippen LogP contribution in [0.15, 0.2) is 41.3 Å². The molecular weight excluding hydrogens is 352 g/mol. The summed E-state index contributed by atoms with van der Waals surface area (Å²) in [7, 11) is -3.46. The Labute approximate surface area is 147 Å². The lowest BCUT2D eigenvalue weighted by Gasteiger charge is -2.16. The number of benzene rings is 1. The summed E-state index contributed by atoms with van der Waals surface area (Å²) >= 11 is 1.52. The number of nitrogens with zero attached hydrogens (tertiary/aromatic N) is 1. The first-order valence-corrected chi connectivity index (χ1v) is 9.53. The van der Waals surface area contributed by atoms with E-state index in [0.717, 1.165) is 15.3 Å². The molecule has 23 heavy (non-hydrogen) atoms. The van der Waals surface area contributed by atoms with Crippen molar-refractivity contribution in [1.29, 1.82) is 0 Å². The summed E-state index contributed by atoms with van der Waals surface area (Å²) in [5.41, 5.74) is 7.32. The smallest absolute Gasteiger partial charge is 0.244 e. The van der Waals surface area contributed by atoms with Crippen molar-refractivity contribution in [2.45, 2.75) is 30.7 Å². The molecule has 7 heteroatoms. The van der Waals surface area contributed by atoms with Crippen LogP contribution in [0.1, 0.15) is 21.2 Å². The number of aryl methyl sites for hydroxylation is 2. The van der Waals surface area contributed by atoms with E-state index in [4.69, 9.17) is 5.73 Å². The third-order valence-corrected chi connectivity index (χ3v) is 7.23. The highest BCUT2D eigenvalue weighted by Crippen LogP contribution is 2.33. The summed E-state index contributed by atoms with van der Waals surface area (Å²) < 4.78 is 27.3. The van der Waals surface area contributed by atoms with Crippen molar-refractivity contribution in [2.24, 2.45) is 5.73 Å². The summed E-state index contributed by atoms with van der Waals surface area (Å²) in [4.78, 5) is 2.28. The van der Waals surface area contributed by atoms with Crippen LogP contribution in [0.2, 0.25) is 0 Å². The largest absolute Gasteiger partial charge is 0.326 e. The molecule has 0 radical (unpaired) electrons. The number of halogens is 1. The Hall–Kier alpha value is -0.920. The van der Waals surface area contributed by atoms with Gasteiger partial charge in [0.15, 0.2) is 0 Å².